The Balaban J connectivity index is 1.48. The van der Waals surface area contributed by atoms with Crippen LogP contribution in [0.3, 0.4) is 0 Å². The summed E-state index contributed by atoms with van der Waals surface area (Å²) in [6, 6.07) is 23.3. The Morgan fingerprint density at radius 2 is 1.51 bits per heavy atom. The SMILES string of the molecule is NN1C(=O)[C@H](C(=O)[C@H](Cc2ccccc2)NC(=O)CCc2ccccc2)[C@@H]1Oc1ccc(C(=O)O)cc1. The lowest BCUT2D eigenvalue weighted by molar-refractivity contribution is -0.181. The molecule has 4 rings (SSSR count). The minimum absolute atomic E-state index is 0.0652. The second kappa shape index (κ2) is 11.5. The molecule has 4 N–H and O–H groups in total. The molecule has 9 heteroatoms. The molecule has 0 aromatic heterocycles. The summed E-state index contributed by atoms with van der Waals surface area (Å²) in [7, 11) is 0. The normalized spacial score (nSPS) is 17.4. The predicted octanol–water partition coefficient (Wildman–Crippen LogP) is 2.35. The number of hydrogen-bond acceptors (Lipinski definition) is 6. The summed E-state index contributed by atoms with van der Waals surface area (Å²) < 4.78 is 5.77. The number of ketones is 1. The first kappa shape index (κ1) is 25.6. The van der Waals surface area contributed by atoms with Crippen molar-refractivity contribution in [1.29, 1.82) is 0 Å². The maximum absolute atomic E-state index is 13.6. The van der Waals surface area contributed by atoms with Crippen LogP contribution in [0.4, 0.5) is 0 Å². The Bertz CT molecular complexity index is 1260. The van der Waals surface area contributed by atoms with Crippen molar-refractivity contribution in [2.24, 2.45) is 11.8 Å². The van der Waals surface area contributed by atoms with Gasteiger partial charge in [-0.1, -0.05) is 60.7 Å². The van der Waals surface area contributed by atoms with Crippen LogP contribution in [0.5, 0.6) is 5.75 Å². The van der Waals surface area contributed by atoms with Crippen molar-refractivity contribution in [3.8, 4) is 5.75 Å². The first-order valence-electron chi connectivity index (χ1n) is 11.8. The molecule has 0 unspecified atom stereocenters. The summed E-state index contributed by atoms with van der Waals surface area (Å²) in [4.78, 5) is 50.1. The number of hydrazine groups is 1. The first-order valence-corrected chi connectivity index (χ1v) is 11.8. The van der Waals surface area contributed by atoms with Gasteiger partial charge in [0.25, 0.3) is 5.91 Å². The second-order valence-corrected chi connectivity index (χ2v) is 8.76. The van der Waals surface area contributed by atoms with E-state index in [2.05, 4.69) is 5.32 Å². The number of nitrogens with one attached hydrogen (secondary N) is 1. The molecule has 0 aliphatic carbocycles. The number of hydrogen-bond donors (Lipinski definition) is 3. The van der Waals surface area contributed by atoms with Crippen molar-refractivity contribution in [2.75, 3.05) is 0 Å². The zero-order valence-electron chi connectivity index (χ0n) is 19.9. The van der Waals surface area contributed by atoms with Crippen molar-refractivity contribution < 1.29 is 29.0 Å². The van der Waals surface area contributed by atoms with Crippen molar-refractivity contribution in [2.45, 2.75) is 31.5 Å². The third kappa shape index (κ3) is 6.20. The number of aromatic carboxylic acids is 1. The Kier molecular flexibility index (Phi) is 7.95. The number of ether oxygens (including phenoxy) is 1. The number of carbonyl (C=O) groups excluding carboxylic acids is 3. The zero-order valence-corrected chi connectivity index (χ0v) is 19.9. The minimum Gasteiger partial charge on any atom is -0.478 e. The lowest BCUT2D eigenvalue weighted by atomic mass is 9.86. The number of carboxylic acid groups (broad SMARTS) is 1. The molecule has 0 radical (unpaired) electrons. The Hall–Kier alpha value is -4.50. The molecule has 1 fully saturated rings. The number of carboxylic acids is 1. The van der Waals surface area contributed by atoms with Crippen LogP contribution < -0.4 is 15.9 Å². The Morgan fingerprint density at radius 1 is 0.919 bits per heavy atom. The average molecular weight is 502 g/mol. The van der Waals surface area contributed by atoms with Crippen LogP contribution >= 0.6 is 0 Å². The highest BCUT2D eigenvalue weighted by Crippen LogP contribution is 2.29. The van der Waals surface area contributed by atoms with Crippen molar-refractivity contribution in [3.63, 3.8) is 0 Å². The molecule has 2 amide bonds. The molecule has 1 aliphatic heterocycles. The van der Waals surface area contributed by atoms with Crippen LogP contribution in [-0.2, 0) is 27.2 Å². The summed E-state index contributed by atoms with van der Waals surface area (Å²) in [5.41, 5.74) is 1.89. The smallest absolute Gasteiger partial charge is 0.335 e. The van der Waals surface area contributed by atoms with Crippen molar-refractivity contribution in [1.82, 2.24) is 10.3 Å². The van der Waals surface area contributed by atoms with Gasteiger partial charge in [0.05, 0.1) is 11.6 Å². The monoisotopic (exact) mass is 501 g/mol. The van der Waals surface area contributed by atoms with Gasteiger partial charge in [-0.15, -0.1) is 0 Å². The van der Waals surface area contributed by atoms with Crippen LogP contribution in [0, 0.1) is 5.92 Å². The molecular formula is C28H27N3O6. The standard InChI is InChI=1S/C28H27N3O6/c29-31-26(34)24(27(31)37-21-14-12-20(13-15-21)28(35)36)25(33)22(17-19-9-5-2-6-10-19)30-23(32)16-11-18-7-3-1-4-8-18/h1-10,12-15,22,24,27H,11,16-17,29H2,(H,30,32)(H,35,36)/t22-,24-,27-/m0/s1. The highest BCUT2D eigenvalue weighted by atomic mass is 16.5. The molecule has 0 spiro atoms. The topological polar surface area (TPSA) is 139 Å². The van der Waals surface area contributed by atoms with Crippen LogP contribution in [-0.4, -0.2) is 46.0 Å². The lowest BCUT2D eigenvalue weighted by Crippen LogP contribution is -2.70. The summed E-state index contributed by atoms with van der Waals surface area (Å²) in [5.74, 6) is 2.33. The summed E-state index contributed by atoms with van der Waals surface area (Å²) in [6.07, 6.45) is -0.198. The number of carbonyl (C=O) groups is 4. The van der Waals surface area contributed by atoms with E-state index in [0.717, 1.165) is 16.1 Å². The minimum atomic E-state index is -1.22. The summed E-state index contributed by atoms with van der Waals surface area (Å²) >= 11 is 0. The van der Waals surface area contributed by atoms with E-state index in [1.807, 2.05) is 60.7 Å². The van der Waals surface area contributed by atoms with Gasteiger partial charge in [0.1, 0.15) is 5.75 Å². The zero-order chi connectivity index (χ0) is 26.4. The predicted molar refractivity (Wildman–Crippen MR) is 134 cm³/mol. The van der Waals surface area contributed by atoms with Gasteiger partial charge in [-0.2, -0.15) is 0 Å². The number of amides is 2. The fourth-order valence-electron chi connectivity index (χ4n) is 4.15. The molecule has 3 aromatic rings. The molecule has 1 aliphatic rings. The van der Waals surface area contributed by atoms with Crippen LogP contribution in [0.2, 0.25) is 0 Å². The number of β-lactam (4-membered cyclic amide) rings is 1. The number of nitrogens with zero attached hydrogens (tertiary/aromatic N) is 1. The average Bonchev–Trinajstić information content (AvgIpc) is 2.92. The molecule has 37 heavy (non-hydrogen) atoms. The first-order chi connectivity index (χ1) is 17.8. The highest BCUT2D eigenvalue weighted by Gasteiger charge is 2.54. The number of aryl methyl sites for hydroxylation is 1. The van der Waals surface area contributed by atoms with E-state index < -0.39 is 35.8 Å². The fraction of sp³-hybridized carbons (Fsp3) is 0.214. The van der Waals surface area contributed by atoms with E-state index >= 15 is 0 Å². The van der Waals surface area contributed by atoms with E-state index in [9.17, 15) is 19.2 Å². The highest BCUT2D eigenvalue weighted by molar-refractivity contribution is 6.09. The lowest BCUT2D eigenvalue weighted by Gasteiger charge is -2.43. The molecule has 9 nitrogen and oxygen atoms in total. The van der Waals surface area contributed by atoms with Gasteiger partial charge in [-0.05, 0) is 48.2 Å². The third-order valence-electron chi connectivity index (χ3n) is 6.19. The fourth-order valence-corrected chi connectivity index (χ4v) is 4.15. The summed E-state index contributed by atoms with van der Waals surface area (Å²) in [6.45, 7) is 0. The maximum Gasteiger partial charge on any atom is 0.335 e. The second-order valence-electron chi connectivity index (χ2n) is 8.76. The number of rotatable bonds is 11. The summed E-state index contributed by atoms with van der Waals surface area (Å²) in [5, 5.41) is 12.7. The number of Topliss-reactive ketones (excluding diaryl/α,β-unsaturated/α-hetero) is 1. The van der Waals surface area contributed by atoms with E-state index in [1.165, 1.54) is 24.3 Å². The van der Waals surface area contributed by atoms with E-state index in [1.54, 1.807) is 0 Å². The molecule has 3 aromatic carbocycles. The molecule has 0 bridgehead atoms. The molecular weight excluding hydrogens is 474 g/mol. The molecule has 1 saturated heterocycles. The van der Waals surface area contributed by atoms with Gasteiger partial charge in [-0.3, -0.25) is 14.4 Å². The van der Waals surface area contributed by atoms with Crippen molar-refractivity contribution in [3.05, 3.63) is 102 Å². The van der Waals surface area contributed by atoms with Gasteiger partial charge in [-0.25, -0.2) is 15.6 Å². The van der Waals surface area contributed by atoms with E-state index in [0.29, 0.717) is 6.42 Å². The maximum atomic E-state index is 13.6. The molecule has 0 saturated carbocycles. The Labute approximate surface area is 213 Å². The third-order valence-corrected chi connectivity index (χ3v) is 6.19. The van der Waals surface area contributed by atoms with Crippen LogP contribution in [0.25, 0.3) is 0 Å². The van der Waals surface area contributed by atoms with Gasteiger partial charge in [0, 0.05) is 6.42 Å². The van der Waals surface area contributed by atoms with Gasteiger partial charge < -0.3 is 15.2 Å². The van der Waals surface area contributed by atoms with E-state index in [4.69, 9.17) is 15.7 Å². The number of nitrogens with two attached hydrogens (primary N) is 1. The Morgan fingerprint density at radius 3 is 2.11 bits per heavy atom. The quantitative estimate of drug-likeness (QED) is 0.159. The molecule has 1 heterocycles. The largest absolute Gasteiger partial charge is 0.478 e. The number of benzene rings is 3. The van der Waals surface area contributed by atoms with Crippen LogP contribution in [0.1, 0.15) is 27.9 Å². The van der Waals surface area contributed by atoms with Crippen LogP contribution in [0.15, 0.2) is 84.9 Å². The molecule has 3 atom stereocenters. The van der Waals surface area contributed by atoms with Gasteiger partial charge in [0.15, 0.2) is 11.7 Å². The van der Waals surface area contributed by atoms with E-state index in [-0.39, 0.29) is 30.1 Å². The van der Waals surface area contributed by atoms with Gasteiger partial charge >= 0.3 is 5.97 Å². The van der Waals surface area contributed by atoms with Crippen molar-refractivity contribution >= 4 is 23.6 Å². The van der Waals surface area contributed by atoms with Gasteiger partial charge in [0.2, 0.25) is 12.1 Å². The molecule has 190 valence electrons.